The lowest BCUT2D eigenvalue weighted by Gasteiger charge is -2.16. The van der Waals surface area contributed by atoms with Crippen LogP contribution in [0.3, 0.4) is 0 Å². The van der Waals surface area contributed by atoms with Crippen LogP contribution in [0.4, 0.5) is 18.9 Å². The van der Waals surface area contributed by atoms with Gasteiger partial charge in [0.2, 0.25) is 0 Å². The third kappa shape index (κ3) is 4.84. The fourth-order valence-corrected chi connectivity index (χ4v) is 1.85. The van der Waals surface area contributed by atoms with Crippen molar-refractivity contribution >= 4 is 11.6 Å². The Hall–Kier alpha value is -1.66. The van der Waals surface area contributed by atoms with Gasteiger partial charge in [-0.15, -0.1) is 0 Å². The van der Waals surface area contributed by atoms with E-state index >= 15 is 0 Å². The van der Waals surface area contributed by atoms with Crippen molar-refractivity contribution in [1.82, 2.24) is 9.88 Å². The fraction of sp³-hybridized carbons (Fsp3) is 0.583. The zero-order valence-corrected chi connectivity index (χ0v) is 10.9. The van der Waals surface area contributed by atoms with Crippen molar-refractivity contribution in [3.63, 3.8) is 0 Å². The molecule has 1 unspecified atom stereocenters. The molecular formula is C12H18F3N3O. The number of carbonyl (C=O) groups excluding carboxylic acids is 1. The molecule has 0 saturated heterocycles. The molecule has 0 radical (unpaired) electrons. The van der Waals surface area contributed by atoms with E-state index in [1.165, 1.54) is 13.0 Å². The minimum absolute atomic E-state index is 0.286. The summed E-state index contributed by atoms with van der Waals surface area (Å²) in [7, 11) is 0. The second kappa shape index (κ2) is 5.99. The Morgan fingerprint density at radius 1 is 1.53 bits per heavy atom. The number of nitrogens with two attached hydrogens (primary N) is 1. The minimum Gasteiger partial charge on any atom is -0.397 e. The molecule has 0 saturated carbocycles. The van der Waals surface area contributed by atoms with Gasteiger partial charge in [0.05, 0.1) is 12.1 Å². The number of aryl methyl sites for hydroxylation is 1. The lowest BCUT2D eigenvalue weighted by atomic mass is 10.2. The number of alkyl halides is 3. The average molecular weight is 277 g/mol. The Balaban J connectivity index is 2.72. The quantitative estimate of drug-likeness (QED) is 0.869. The first-order valence-electron chi connectivity index (χ1n) is 6.06. The van der Waals surface area contributed by atoms with Gasteiger partial charge in [-0.3, -0.25) is 4.79 Å². The first kappa shape index (κ1) is 15.4. The number of carbonyl (C=O) groups is 1. The summed E-state index contributed by atoms with van der Waals surface area (Å²) in [4.78, 5) is 11.9. The van der Waals surface area contributed by atoms with Crippen LogP contribution in [-0.2, 0) is 6.54 Å². The van der Waals surface area contributed by atoms with E-state index in [9.17, 15) is 18.0 Å². The summed E-state index contributed by atoms with van der Waals surface area (Å²) >= 11 is 0. The van der Waals surface area contributed by atoms with Gasteiger partial charge < -0.3 is 15.6 Å². The highest BCUT2D eigenvalue weighted by molar-refractivity contribution is 5.94. The molecule has 108 valence electrons. The summed E-state index contributed by atoms with van der Waals surface area (Å²) in [6, 6.07) is 0.490. The van der Waals surface area contributed by atoms with E-state index in [4.69, 9.17) is 5.73 Å². The molecule has 3 N–H and O–H groups in total. The minimum atomic E-state index is -4.29. The van der Waals surface area contributed by atoms with E-state index in [-0.39, 0.29) is 5.69 Å². The molecule has 1 amide bonds. The number of nitrogens with zero attached hydrogens (tertiary/aromatic N) is 1. The summed E-state index contributed by atoms with van der Waals surface area (Å²) in [6.45, 7) is 3.85. The molecule has 0 aliphatic carbocycles. The Morgan fingerprint density at radius 2 is 2.16 bits per heavy atom. The molecule has 0 aliphatic rings. The second-order valence-corrected chi connectivity index (χ2v) is 4.55. The molecule has 7 heteroatoms. The number of anilines is 1. The van der Waals surface area contributed by atoms with Crippen molar-refractivity contribution < 1.29 is 18.0 Å². The van der Waals surface area contributed by atoms with Crippen molar-refractivity contribution in [2.45, 2.75) is 45.5 Å². The molecule has 1 aromatic heterocycles. The van der Waals surface area contributed by atoms with Gasteiger partial charge in [0.15, 0.2) is 0 Å². The van der Waals surface area contributed by atoms with Crippen LogP contribution in [-0.4, -0.2) is 22.7 Å². The summed E-state index contributed by atoms with van der Waals surface area (Å²) in [5.41, 5.74) is 6.30. The van der Waals surface area contributed by atoms with Crippen LogP contribution >= 0.6 is 0 Å². The maximum absolute atomic E-state index is 12.2. The van der Waals surface area contributed by atoms with Gasteiger partial charge in [-0.25, -0.2) is 0 Å². The molecule has 1 atom stereocenters. The van der Waals surface area contributed by atoms with E-state index < -0.39 is 24.5 Å². The number of rotatable bonds is 5. The van der Waals surface area contributed by atoms with Crippen molar-refractivity contribution in [3.8, 4) is 0 Å². The summed E-state index contributed by atoms with van der Waals surface area (Å²) < 4.78 is 38.2. The van der Waals surface area contributed by atoms with Gasteiger partial charge >= 0.3 is 6.18 Å². The van der Waals surface area contributed by atoms with Crippen LogP contribution in [0.25, 0.3) is 0 Å². The molecule has 1 rings (SSSR count). The Kier molecular flexibility index (Phi) is 4.85. The standard InChI is InChI=1S/C12H18F3N3O/c1-3-4-18-7-9(16)5-10(18)11(19)17-8(2)6-12(13,14)15/h5,7-8H,3-4,6,16H2,1-2H3,(H,17,19). The number of hydrogen-bond acceptors (Lipinski definition) is 2. The van der Waals surface area contributed by atoms with E-state index in [2.05, 4.69) is 5.32 Å². The Bertz CT molecular complexity index is 440. The molecule has 4 nitrogen and oxygen atoms in total. The van der Waals surface area contributed by atoms with Crippen LogP contribution in [0.5, 0.6) is 0 Å². The van der Waals surface area contributed by atoms with Gasteiger partial charge in [-0.05, 0) is 19.4 Å². The Labute approximate surface area is 109 Å². The molecule has 0 aromatic carbocycles. The van der Waals surface area contributed by atoms with Gasteiger partial charge in [0.25, 0.3) is 5.91 Å². The zero-order chi connectivity index (χ0) is 14.6. The van der Waals surface area contributed by atoms with Crippen molar-refractivity contribution in [1.29, 1.82) is 0 Å². The van der Waals surface area contributed by atoms with Crippen LogP contribution in [0.15, 0.2) is 12.3 Å². The normalized spacial score (nSPS) is 13.3. The number of amides is 1. The maximum atomic E-state index is 12.2. The van der Waals surface area contributed by atoms with Gasteiger partial charge in [-0.2, -0.15) is 13.2 Å². The van der Waals surface area contributed by atoms with E-state index in [0.717, 1.165) is 6.42 Å². The molecule has 0 fully saturated rings. The molecule has 1 heterocycles. The number of halogens is 3. The second-order valence-electron chi connectivity index (χ2n) is 4.55. The average Bonchev–Trinajstić information content (AvgIpc) is 2.57. The van der Waals surface area contributed by atoms with Gasteiger partial charge in [0, 0.05) is 18.8 Å². The first-order chi connectivity index (χ1) is 8.73. The van der Waals surface area contributed by atoms with Crippen LogP contribution in [0.2, 0.25) is 0 Å². The van der Waals surface area contributed by atoms with Crippen LogP contribution < -0.4 is 11.1 Å². The monoisotopic (exact) mass is 277 g/mol. The molecular weight excluding hydrogens is 259 g/mol. The van der Waals surface area contributed by atoms with Crippen molar-refractivity contribution in [3.05, 3.63) is 18.0 Å². The first-order valence-corrected chi connectivity index (χ1v) is 6.06. The van der Waals surface area contributed by atoms with Crippen molar-refractivity contribution in [2.24, 2.45) is 0 Å². The number of nitrogens with one attached hydrogen (secondary N) is 1. The van der Waals surface area contributed by atoms with Gasteiger partial charge in [0.1, 0.15) is 5.69 Å². The largest absolute Gasteiger partial charge is 0.397 e. The zero-order valence-electron chi connectivity index (χ0n) is 10.9. The highest BCUT2D eigenvalue weighted by atomic mass is 19.4. The Morgan fingerprint density at radius 3 is 2.68 bits per heavy atom. The predicted molar refractivity (Wildman–Crippen MR) is 66.7 cm³/mol. The molecule has 0 spiro atoms. The van der Waals surface area contributed by atoms with Crippen LogP contribution in [0.1, 0.15) is 37.2 Å². The van der Waals surface area contributed by atoms with Gasteiger partial charge in [-0.1, -0.05) is 6.92 Å². The third-order valence-corrected chi connectivity index (χ3v) is 2.53. The SMILES string of the molecule is CCCn1cc(N)cc1C(=O)NC(C)CC(F)(F)F. The molecule has 0 bridgehead atoms. The number of aromatic nitrogens is 1. The molecule has 19 heavy (non-hydrogen) atoms. The topological polar surface area (TPSA) is 60.0 Å². The fourth-order valence-electron chi connectivity index (χ4n) is 1.85. The molecule has 0 aliphatic heterocycles. The highest BCUT2D eigenvalue weighted by Gasteiger charge is 2.31. The lowest BCUT2D eigenvalue weighted by molar-refractivity contribution is -0.138. The van der Waals surface area contributed by atoms with E-state index in [1.54, 1.807) is 10.8 Å². The maximum Gasteiger partial charge on any atom is 0.391 e. The summed E-state index contributed by atoms with van der Waals surface area (Å²) in [5, 5.41) is 2.33. The van der Waals surface area contributed by atoms with Crippen molar-refractivity contribution in [2.75, 3.05) is 5.73 Å². The molecule has 1 aromatic rings. The third-order valence-electron chi connectivity index (χ3n) is 2.53. The predicted octanol–water partition coefficient (Wildman–Crippen LogP) is 2.55. The van der Waals surface area contributed by atoms with Crippen LogP contribution in [0, 0.1) is 0 Å². The lowest BCUT2D eigenvalue weighted by Crippen LogP contribution is -2.36. The smallest absolute Gasteiger partial charge is 0.391 e. The van der Waals surface area contributed by atoms with E-state index in [1.807, 2.05) is 6.92 Å². The summed E-state index contributed by atoms with van der Waals surface area (Å²) in [6.07, 6.45) is -2.95. The number of nitrogen functional groups attached to an aromatic ring is 1. The summed E-state index contributed by atoms with van der Waals surface area (Å²) in [5.74, 6) is -0.540. The number of hydrogen-bond donors (Lipinski definition) is 2. The highest BCUT2D eigenvalue weighted by Crippen LogP contribution is 2.21. The van der Waals surface area contributed by atoms with E-state index in [0.29, 0.717) is 12.2 Å².